The summed E-state index contributed by atoms with van der Waals surface area (Å²) < 4.78 is 43.2. The predicted molar refractivity (Wildman–Crippen MR) is 104 cm³/mol. The van der Waals surface area contributed by atoms with E-state index < -0.39 is 23.4 Å². The van der Waals surface area contributed by atoms with Gasteiger partial charge in [-0.05, 0) is 27.7 Å². The molecule has 1 aliphatic heterocycles. The zero-order valence-corrected chi connectivity index (χ0v) is 17.9. The Kier molecular flexibility index (Phi) is 7.14. The molecule has 0 bridgehead atoms. The number of rotatable bonds is 4. The van der Waals surface area contributed by atoms with Crippen LogP contribution in [0.3, 0.4) is 0 Å². The van der Waals surface area contributed by atoms with Crippen molar-refractivity contribution in [3.05, 3.63) is 18.0 Å². The number of carbonyl (C=O) groups excluding carboxylic acids is 2. The van der Waals surface area contributed by atoms with E-state index in [1.807, 2.05) is 0 Å². The molecule has 11 heteroatoms. The van der Waals surface area contributed by atoms with Crippen molar-refractivity contribution in [2.45, 2.75) is 51.9 Å². The van der Waals surface area contributed by atoms with E-state index in [1.165, 1.54) is 4.90 Å². The van der Waals surface area contributed by atoms with Crippen LogP contribution in [0, 0.1) is 0 Å². The molecule has 2 rings (SSSR count). The number of carbonyl (C=O) groups is 2. The minimum absolute atomic E-state index is 0.106. The van der Waals surface area contributed by atoms with Gasteiger partial charge in [-0.3, -0.25) is 4.79 Å². The first-order chi connectivity index (χ1) is 13.8. The second-order valence-electron chi connectivity index (χ2n) is 8.28. The fourth-order valence-electron chi connectivity index (χ4n) is 2.82. The average Bonchev–Trinajstić information content (AvgIpc) is 2.65. The van der Waals surface area contributed by atoms with Crippen molar-refractivity contribution in [1.29, 1.82) is 0 Å². The number of halogens is 3. The van der Waals surface area contributed by atoms with E-state index in [2.05, 4.69) is 9.97 Å². The van der Waals surface area contributed by atoms with E-state index in [9.17, 15) is 22.8 Å². The molecule has 0 aliphatic carbocycles. The van der Waals surface area contributed by atoms with Crippen LogP contribution in [0.2, 0.25) is 0 Å². The molecular weight excluding hydrogens is 403 g/mol. The van der Waals surface area contributed by atoms with Crippen molar-refractivity contribution < 1.29 is 27.5 Å². The SMILES string of the molecule is CC(CC(=O)N1CCN(c2ncc(C(F)(F)F)cn2)CC1)N(C)C(=O)OC(C)(C)C. The summed E-state index contributed by atoms with van der Waals surface area (Å²) in [4.78, 5) is 37.1. The minimum atomic E-state index is -4.48. The van der Waals surface area contributed by atoms with Crippen molar-refractivity contribution >= 4 is 17.9 Å². The highest BCUT2D eigenvalue weighted by atomic mass is 19.4. The Hall–Kier alpha value is -2.59. The quantitative estimate of drug-likeness (QED) is 0.730. The van der Waals surface area contributed by atoms with E-state index in [0.29, 0.717) is 26.2 Å². The third kappa shape index (κ3) is 6.46. The first-order valence-corrected chi connectivity index (χ1v) is 9.65. The van der Waals surface area contributed by atoms with E-state index in [1.54, 1.807) is 44.5 Å². The van der Waals surface area contributed by atoms with Gasteiger partial charge in [-0.1, -0.05) is 0 Å². The monoisotopic (exact) mass is 431 g/mol. The Bertz CT molecular complexity index is 741. The molecule has 0 spiro atoms. The number of amides is 2. The van der Waals surface area contributed by atoms with Crippen LogP contribution < -0.4 is 4.90 Å². The first kappa shape index (κ1) is 23.7. The van der Waals surface area contributed by atoms with Gasteiger partial charge in [0.1, 0.15) is 5.60 Å². The van der Waals surface area contributed by atoms with Crippen LogP contribution in [0.4, 0.5) is 23.9 Å². The summed E-state index contributed by atoms with van der Waals surface area (Å²) in [6.07, 6.45) is -3.31. The zero-order valence-electron chi connectivity index (χ0n) is 17.9. The lowest BCUT2D eigenvalue weighted by atomic mass is 10.1. The number of hydrogen-bond donors (Lipinski definition) is 0. The van der Waals surface area contributed by atoms with Gasteiger partial charge < -0.3 is 19.4 Å². The average molecular weight is 431 g/mol. The lowest BCUT2D eigenvalue weighted by Crippen LogP contribution is -2.50. The highest BCUT2D eigenvalue weighted by Crippen LogP contribution is 2.28. The summed E-state index contributed by atoms with van der Waals surface area (Å²) in [5.41, 5.74) is -1.52. The molecule has 1 aromatic heterocycles. The van der Waals surface area contributed by atoms with Crippen molar-refractivity contribution in [3.8, 4) is 0 Å². The molecule has 8 nitrogen and oxygen atoms in total. The Morgan fingerprint density at radius 3 is 2.13 bits per heavy atom. The summed E-state index contributed by atoms with van der Waals surface area (Å²) in [6.45, 7) is 8.70. The molecule has 1 atom stereocenters. The van der Waals surface area contributed by atoms with Crippen LogP contribution in [-0.4, -0.2) is 76.6 Å². The maximum absolute atomic E-state index is 12.6. The Labute approximate surface area is 174 Å². The van der Waals surface area contributed by atoms with Crippen molar-refractivity contribution in [2.24, 2.45) is 0 Å². The molecule has 0 aromatic carbocycles. The number of alkyl halides is 3. The summed E-state index contributed by atoms with van der Waals surface area (Å²) in [6, 6.07) is -0.344. The lowest BCUT2D eigenvalue weighted by Gasteiger charge is -2.36. The molecule has 2 amide bonds. The molecule has 0 radical (unpaired) electrons. The molecular formula is C19H28F3N5O3. The maximum Gasteiger partial charge on any atom is 0.419 e. The van der Waals surface area contributed by atoms with Crippen LogP contribution in [0.25, 0.3) is 0 Å². The van der Waals surface area contributed by atoms with Crippen LogP contribution in [0.1, 0.15) is 39.7 Å². The molecule has 30 heavy (non-hydrogen) atoms. The van der Waals surface area contributed by atoms with Crippen molar-refractivity contribution in [1.82, 2.24) is 19.8 Å². The molecule has 168 valence electrons. The fourth-order valence-corrected chi connectivity index (χ4v) is 2.82. The second kappa shape index (κ2) is 9.05. The van der Waals surface area contributed by atoms with Crippen LogP contribution in [-0.2, 0) is 15.7 Å². The third-order valence-corrected chi connectivity index (χ3v) is 4.69. The Morgan fingerprint density at radius 2 is 1.67 bits per heavy atom. The van der Waals surface area contributed by atoms with Crippen LogP contribution >= 0.6 is 0 Å². The van der Waals surface area contributed by atoms with E-state index in [-0.39, 0.29) is 24.3 Å². The standard InChI is InChI=1S/C19H28F3N5O3/c1-13(25(5)17(29)30-18(2,3)4)10-15(28)26-6-8-27(9-7-26)16-23-11-14(12-24-16)19(20,21)22/h11-13H,6-10H2,1-5H3. The number of hydrogen-bond acceptors (Lipinski definition) is 6. The zero-order chi connectivity index (χ0) is 22.7. The normalized spacial score (nSPS) is 16.3. The molecule has 1 fully saturated rings. The number of piperazine rings is 1. The highest BCUT2D eigenvalue weighted by Gasteiger charge is 2.32. The third-order valence-electron chi connectivity index (χ3n) is 4.69. The van der Waals surface area contributed by atoms with Gasteiger partial charge in [0.25, 0.3) is 0 Å². The summed E-state index contributed by atoms with van der Waals surface area (Å²) in [7, 11) is 1.59. The molecule has 1 unspecified atom stereocenters. The van der Waals surface area contributed by atoms with Gasteiger partial charge in [0.15, 0.2) is 0 Å². The van der Waals surface area contributed by atoms with Crippen LogP contribution in [0.15, 0.2) is 12.4 Å². The highest BCUT2D eigenvalue weighted by molar-refractivity contribution is 5.78. The van der Waals surface area contributed by atoms with Gasteiger partial charge >= 0.3 is 12.3 Å². The van der Waals surface area contributed by atoms with Gasteiger partial charge in [-0.2, -0.15) is 13.2 Å². The minimum Gasteiger partial charge on any atom is -0.444 e. The van der Waals surface area contributed by atoms with Crippen LogP contribution in [0.5, 0.6) is 0 Å². The van der Waals surface area contributed by atoms with Gasteiger partial charge in [0.2, 0.25) is 11.9 Å². The first-order valence-electron chi connectivity index (χ1n) is 9.65. The topological polar surface area (TPSA) is 78.9 Å². The molecule has 1 aliphatic rings. The smallest absolute Gasteiger partial charge is 0.419 e. The van der Waals surface area contributed by atoms with Crippen molar-refractivity contribution in [3.63, 3.8) is 0 Å². The molecule has 1 aromatic rings. The summed E-state index contributed by atoms with van der Waals surface area (Å²) in [5, 5.41) is 0. The van der Waals surface area contributed by atoms with E-state index in [0.717, 1.165) is 12.4 Å². The fraction of sp³-hybridized carbons (Fsp3) is 0.684. The Morgan fingerprint density at radius 1 is 1.13 bits per heavy atom. The number of aromatic nitrogens is 2. The largest absolute Gasteiger partial charge is 0.444 e. The van der Waals surface area contributed by atoms with Gasteiger partial charge in [-0.15, -0.1) is 0 Å². The van der Waals surface area contributed by atoms with E-state index in [4.69, 9.17) is 4.74 Å². The van der Waals surface area contributed by atoms with Crippen molar-refractivity contribution in [2.75, 3.05) is 38.1 Å². The second-order valence-corrected chi connectivity index (χ2v) is 8.28. The number of ether oxygens (including phenoxy) is 1. The van der Waals surface area contributed by atoms with Gasteiger partial charge in [0, 0.05) is 58.1 Å². The van der Waals surface area contributed by atoms with Gasteiger partial charge in [-0.25, -0.2) is 14.8 Å². The number of nitrogens with zero attached hydrogens (tertiary/aromatic N) is 5. The van der Waals surface area contributed by atoms with E-state index >= 15 is 0 Å². The Balaban J connectivity index is 1.85. The molecule has 2 heterocycles. The lowest BCUT2D eigenvalue weighted by molar-refractivity contribution is -0.138. The summed E-state index contributed by atoms with van der Waals surface area (Å²) >= 11 is 0. The van der Waals surface area contributed by atoms with Gasteiger partial charge in [0.05, 0.1) is 5.56 Å². The predicted octanol–water partition coefficient (Wildman–Crippen LogP) is 2.79. The molecule has 0 N–H and O–H groups in total. The molecule has 0 saturated carbocycles. The maximum atomic E-state index is 12.6. The molecule has 1 saturated heterocycles. The number of anilines is 1. The summed E-state index contributed by atoms with van der Waals surface area (Å²) in [5.74, 6) is 0.0963.